The number of pyridine rings is 1. The van der Waals surface area contributed by atoms with E-state index in [0.29, 0.717) is 12.0 Å². The van der Waals surface area contributed by atoms with Crippen LogP contribution in [0.25, 0.3) is 0 Å². The quantitative estimate of drug-likeness (QED) is 0.773. The van der Waals surface area contributed by atoms with E-state index in [4.69, 9.17) is 16.3 Å². The van der Waals surface area contributed by atoms with Crippen LogP contribution >= 0.6 is 11.6 Å². The Morgan fingerprint density at radius 1 is 1.47 bits per heavy atom. The van der Waals surface area contributed by atoms with Crippen LogP contribution in [0.3, 0.4) is 0 Å². The second kappa shape index (κ2) is 6.22. The molecule has 0 amide bonds. The van der Waals surface area contributed by atoms with Gasteiger partial charge in [-0.05, 0) is 37.5 Å². The topological polar surface area (TPSA) is 25.4 Å². The molecular weight excluding hydrogens is 236 g/mol. The second-order valence-corrected chi connectivity index (χ2v) is 4.56. The lowest BCUT2D eigenvalue weighted by Crippen LogP contribution is -2.37. The number of nitrogens with zero attached hydrogens (tertiary/aromatic N) is 2. The van der Waals surface area contributed by atoms with E-state index in [1.165, 1.54) is 0 Å². The van der Waals surface area contributed by atoms with Crippen LogP contribution in [0, 0.1) is 0 Å². The molecule has 0 atom stereocenters. The largest absolute Gasteiger partial charge is 0.378 e. The fourth-order valence-corrected chi connectivity index (χ4v) is 2.37. The minimum absolute atomic E-state index is 0.424. The first-order valence-corrected chi connectivity index (χ1v) is 6.74. The molecule has 3 nitrogen and oxygen atoms in total. The molecule has 17 heavy (non-hydrogen) atoms. The lowest BCUT2D eigenvalue weighted by Gasteiger charge is -2.32. The van der Waals surface area contributed by atoms with Crippen LogP contribution in [0.1, 0.15) is 25.3 Å². The Kier molecular flexibility index (Phi) is 4.63. The maximum atomic E-state index is 5.84. The van der Waals surface area contributed by atoms with Gasteiger partial charge in [0.15, 0.2) is 0 Å². The van der Waals surface area contributed by atoms with Crippen LogP contribution in [0.15, 0.2) is 18.3 Å². The molecule has 2 heterocycles. The molecular formula is C13H19ClN2O. The van der Waals surface area contributed by atoms with Gasteiger partial charge in [-0.15, -0.1) is 11.6 Å². The Hall–Kier alpha value is -0.800. The summed E-state index contributed by atoms with van der Waals surface area (Å²) >= 11 is 5.84. The van der Waals surface area contributed by atoms with Gasteiger partial charge < -0.3 is 9.64 Å². The molecule has 1 fully saturated rings. The number of halogens is 1. The van der Waals surface area contributed by atoms with Gasteiger partial charge >= 0.3 is 0 Å². The van der Waals surface area contributed by atoms with E-state index in [2.05, 4.69) is 22.9 Å². The number of ether oxygens (including phenoxy) is 1. The predicted molar refractivity (Wildman–Crippen MR) is 70.7 cm³/mol. The molecule has 1 aromatic rings. The molecule has 0 unspecified atom stereocenters. The zero-order valence-corrected chi connectivity index (χ0v) is 11.0. The molecule has 1 saturated heterocycles. The van der Waals surface area contributed by atoms with E-state index in [1.54, 1.807) is 0 Å². The van der Waals surface area contributed by atoms with Crippen molar-refractivity contribution in [2.24, 2.45) is 0 Å². The van der Waals surface area contributed by atoms with Gasteiger partial charge in [-0.2, -0.15) is 0 Å². The van der Waals surface area contributed by atoms with E-state index in [0.717, 1.165) is 43.9 Å². The standard InChI is InChI=1S/C13H19ClN2O/c1-2-17-12-4-7-16(8-5-12)13-9-11(10-14)3-6-15-13/h3,6,9,12H,2,4-5,7-8,10H2,1H3. The molecule has 4 heteroatoms. The van der Waals surface area contributed by atoms with E-state index in [1.807, 2.05) is 12.3 Å². The summed E-state index contributed by atoms with van der Waals surface area (Å²) < 4.78 is 5.64. The Balaban J connectivity index is 1.95. The van der Waals surface area contributed by atoms with Crippen molar-refractivity contribution in [2.75, 3.05) is 24.6 Å². The third-order valence-electron chi connectivity index (χ3n) is 3.13. The summed E-state index contributed by atoms with van der Waals surface area (Å²) in [6.45, 7) is 4.90. The zero-order valence-electron chi connectivity index (χ0n) is 10.2. The molecule has 1 aliphatic rings. The highest BCUT2D eigenvalue weighted by molar-refractivity contribution is 6.17. The summed E-state index contributed by atoms with van der Waals surface area (Å²) in [5.74, 6) is 1.59. The molecule has 0 aromatic carbocycles. The molecule has 94 valence electrons. The predicted octanol–water partition coefficient (Wildman–Crippen LogP) is 2.83. The maximum Gasteiger partial charge on any atom is 0.128 e. The molecule has 0 saturated carbocycles. The summed E-state index contributed by atoms with van der Waals surface area (Å²) in [6.07, 6.45) is 4.43. The average Bonchev–Trinajstić information content (AvgIpc) is 2.40. The third-order valence-corrected chi connectivity index (χ3v) is 3.44. The lowest BCUT2D eigenvalue weighted by molar-refractivity contribution is 0.0458. The zero-order chi connectivity index (χ0) is 12.1. The second-order valence-electron chi connectivity index (χ2n) is 4.30. The molecule has 0 bridgehead atoms. The van der Waals surface area contributed by atoms with Crippen molar-refractivity contribution < 1.29 is 4.74 Å². The number of anilines is 1. The van der Waals surface area contributed by atoms with Crippen molar-refractivity contribution >= 4 is 17.4 Å². The van der Waals surface area contributed by atoms with Crippen LogP contribution in [-0.4, -0.2) is 30.8 Å². The van der Waals surface area contributed by atoms with Crippen LogP contribution in [0.4, 0.5) is 5.82 Å². The van der Waals surface area contributed by atoms with Gasteiger partial charge in [0, 0.05) is 31.8 Å². The summed E-state index contributed by atoms with van der Waals surface area (Å²) in [5, 5.41) is 0. The van der Waals surface area contributed by atoms with Crippen LogP contribution in [0.2, 0.25) is 0 Å². The molecule has 0 aliphatic carbocycles. The first-order chi connectivity index (χ1) is 8.33. The number of rotatable bonds is 4. The van der Waals surface area contributed by atoms with Crippen molar-refractivity contribution in [1.29, 1.82) is 0 Å². The fraction of sp³-hybridized carbons (Fsp3) is 0.615. The monoisotopic (exact) mass is 254 g/mol. The van der Waals surface area contributed by atoms with Gasteiger partial charge in [0.2, 0.25) is 0 Å². The summed E-state index contributed by atoms with van der Waals surface area (Å²) in [5.41, 5.74) is 1.13. The number of hydrogen-bond acceptors (Lipinski definition) is 3. The Morgan fingerprint density at radius 2 is 2.24 bits per heavy atom. The highest BCUT2D eigenvalue weighted by Gasteiger charge is 2.20. The van der Waals surface area contributed by atoms with Crippen molar-refractivity contribution in [2.45, 2.75) is 31.7 Å². The van der Waals surface area contributed by atoms with Gasteiger partial charge in [0.05, 0.1) is 6.10 Å². The molecule has 1 aliphatic heterocycles. The van der Waals surface area contributed by atoms with Crippen molar-refractivity contribution in [3.63, 3.8) is 0 Å². The van der Waals surface area contributed by atoms with Crippen molar-refractivity contribution in [3.8, 4) is 0 Å². The van der Waals surface area contributed by atoms with Gasteiger partial charge in [0.1, 0.15) is 5.82 Å². The highest BCUT2D eigenvalue weighted by Crippen LogP contribution is 2.20. The summed E-state index contributed by atoms with van der Waals surface area (Å²) in [7, 11) is 0. The SMILES string of the molecule is CCOC1CCN(c2cc(CCl)ccn2)CC1. The van der Waals surface area contributed by atoms with E-state index >= 15 is 0 Å². The Labute approximate surface area is 108 Å². The molecule has 0 N–H and O–H groups in total. The van der Waals surface area contributed by atoms with Crippen molar-refractivity contribution in [3.05, 3.63) is 23.9 Å². The Bertz CT molecular complexity index is 351. The molecule has 2 rings (SSSR count). The minimum Gasteiger partial charge on any atom is -0.378 e. The van der Waals surface area contributed by atoms with E-state index < -0.39 is 0 Å². The highest BCUT2D eigenvalue weighted by atomic mass is 35.5. The molecule has 0 radical (unpaired) electrons. The normalized spacial score (nSPS) is 17.4. The number of aromatic nitrogens is 1. The maximum absolute atomic E-state index is 5.84. The first-order valence-electron chi connectivity index (χ1n) is 6.21. The van der Waals surface area contributed by atoms with Gasteiger partial charge in [0.25, 0.3) is 0 Å². The molecule has 1 aromatic heterocycles. The van der Waals surface area contributed by atoms with Crippen LogP contribution in [-0.2, 0) is 10.6 Å². The summed E-state index contributed by atoms with van der Waals surface area (Å²) in [6, 6.07) is 4.04. The average molecular weight is 255 g/mol. The summed E-state index contributed by atoms with van der Waals surface area (Å²) in [4.78, 5) is 6.72. The number of alkyl halides is 1. The van der Waals surface area contributed by atoms with E-state index in [-0.39, 0.29) is 0 Å². The third kappa shape index (κ3) is 3.33. The minimum atomic E-state index is 0.424. The molecule has 0 spiro atoms. The first kappa shape index (κ1) is 12.7. The van der Waals surface area contributed by atoms with Gasteiger partial charge in [-0.1, -0.05) is 0 Å². The Morgan fingerprint density at radius 3 is 2.88 bits per heavy atom. The smallest absolute Gasteiger partial charge is 0.128 e. The lowest BCUT2D eigenvalue weighted by atomic mass is 10.1. The van der Waals surface area contributed by atoms with E-state index in [9.17, 15) is 0 Å². The number of hydrogen-bond donors (Lipinski definition) is 0. The van der Waals surface area contributed by atoms with Crippen molar-refractivity contribution in [1.82, 2.24) is 4.98 Å². The van der Waals surface area contributed by atoms with Gasteiger partial charge in [-0.25, -0.2) is 4.98 Å². The fourth-order valence-electron chi connectivity index (χ4n) is 2.20. The van der Waals surface area contributed by atoms with Crippen LogP contribution < -0.4 is 4.90 Å². The van der Waals surface area contributed by atoms with Crippen LogP contribution in [0.5, 0.6) is 0 Å². The number of piperidine rings is 1. The van der Waals surface area contributed by atoms with Gasteiger partial charge in [-0.3, -0.25) is 0 Å².